The van der Waals surface area contributed by atoms with E-state index in [0.717, 1.165) is 25.8 Å². The fourth-order valence-electron chi connectivity index (χ4n) is 2.22. The Labute approximate surface area is 111 Å². The number of hydrogen-bond donors (Lipinski definition) is 1. The summed E-state index contributed by atoms with van der Waals surface area (Å²) in [7, 11) is -3.03. The summed E-state index contributed by atoms with van der Waals surface area (Å²) >= 11 is 0. The fraction of sp³-hybridized carbons (Fsp3) is 1.00. The van der Waals surface area contributed by atoms with Gasteiger partial charge in [0.15, 0.2) is 9.84 Å². The smallest absolute Gasteiger partial charge is 0.154 e. The molecule has 1 aliphatic rings. The van der Waals surface area contributed by atoms with Crippen molar-refractivity contribution in [2.24, 2.45) is 5.92 Å². The summed E-state index contributed by atoms with van der Waals surface area (Å²) < 4.78 is 29.7. The van der Waals surface area contributed by atoms with Crippen LogP contribution in [-0.2, 0) is 14.6 Å². The molecule has 18 heavy (non-hydrogen) atoms. The maximum absolute atomic E-state index is 12.1. The zero-order valence-electron chi connectivity index (χ0n) is 11.8. The van der Waals surface area contributed by atoms with Gasteiger partial charge in [0.1, 0.15) is 0 Å². The first-order valence-electron chi connectivity index (χ1n) is 7.00. The van der Waals surface area contributed by atoms with Crippen LogP contribution in [0, 0.1) is 5.92 Å². The lowest BCUT2D eigenvalue weighted by molar-refractivity contribution is 0.127. The molecule has 5 heteroatoms. The lowest BCUT2D eigenvalue weighted by Gasteiger charge is -2.23. The molecule has 0 aromatic heterocycles. The Hall–Kier alpha value is -0.130. The van der Waals surface area contributed by atoms with E-state index >= 15 is 0 Å². The summed E-state index contributed by atoms with van der Waals surface area (Å²) in [5, 5.41) is 3.33. The van der Waals surface area contributed by atoms with Crippen molar-refractivity contribution in [3.05, 3.63) is 0 Å². The SMILES string of the molecule is CCCNC(CS(=O)(=O)CC1CCCO1)C(C)C. The van der Waals surface area contributed by atoms with Crippen molar-refractivity contribution >= 4 is 9.84 Å². The molecule has 1 heterocycles. The molecule has 0 amide bonds. The van der Waals surface area contributed by atoms with Gasteiger partial charge >= 0.3 is 0 Å². The summed E-state index contributed by atoms with van der Waals surface area (Å²) in [6.45, 7) is 7.80. The summed E-state index contributed by atoms with van der Waals surface area (Å²) in [6.07, 6.45) is 2.82. The van der Waals surface area contributed by atoms with Gasteiger partial charge < -0.3 is 10.1 Å². The normalized spacial score (nSPS) is 22.6. The van der Waals surface area contributed by atoms with Gasteiger partial charge in [0.05, 0.1) is 17.6 Å². The molecule has 0 spiro atoms. The monoisotopic (exact) mass is 277 g/mol. The van der Waals surface area contributed by atoms with Crippen molar-refractivity contribution in [2.45, 2.75) is 52.2 Å². The van der Waals surface area contributed by atoms with Crippen LogP contribution >= 0.6 is 0 Å². The van der Waals surface area contributed by atoms with E-state index < -0.39 is 9.84 Å². The Morgan fingerprint density at radius 1 is 1.39 bits per heavy atom. The third kappa shape index (κ3) is 5.67. The second-order valence-electron chi connectivity index (χ2n) is 5.52. The minimum Gasteiger partial charge on any atom is -0.377 e. The topological polar surface area (TPSA) is 55.4 Å². The molecule has 1 fully saturated rings. The van der Waals surface area contributed by atoms with Crippen LogP contribution in [0.2, 0.25) is 0 Å². The van der Waals surface area contributed by atoms with Crippen LogP contribution in [0.25, 0.3) is 0 Å². The number of hydrogen-bond acceptors (Lipinski definition) is 4. The maximum Gasteiger partial charge on any atom is 0.154 e. The van der Waals surface area contributed by atoms with E-state index in [4.69, 9.17) is 4.74 Å². The van der Waals surface area contributed by atoms with Crippen LogP contribution in [0.3, 0.4) is 0 Å². The van der Waals surface area contributed by atoms with Gasteiger partial charge in [-0.15, -0.1) is 0 Å². The molecule has 0 radical (unpaired) electrons. The van der Waals surface area contributed by atoms with E-state index in [1.807, 2.05) is 0 Å². The minimum absolute atomic E-state index is 0.0522. The summed E-state index contributed by atoms with van der Waals surface area (Å²) in [5.41, 5.74) is 0. The van der Waals surface area contributed by atoms with Crippen LogP contribution in [-0.4, -0.2) is 45.2 Å². The van der Waals surface area contributed by atoms with Gasteiger partial charge in [-0.3, -0.25) is 0 Å². The maximum atomic E-state index is 12.1. The van der Waals surface area contributed by atoms with Crippen molar-refractivity contribution in [3.8, 4) is 0 Å². The van der Waals surface area contributed by atoms with E-state index in [0.29, 0.717) is 12.5 Å². The average Bonchev–Trinajstić information content (AvgIpc) is 2.75. The first-order valence-corrected chi connectivity index (χ1v) is 8.82. The Morgan fingerprint density at radius 3 is 2.61 bits per heavy atom. The summed E-state index contributed by atoms with van der Waals surface area (Å²) in [5.74, 6) is 0.741. The quantitative estimate of drug-likeness (QED) is 0.732. The average molecular weight is 277 g/mol. The molecule has 108 valence electrons. The third-order valence-electron chi connectivity index (χ3n) is 3.36. The first kappa shape index (κ1) is 15.9. The van der Waals surface area contributed by atoms with Gasteiger partial charge in [0, 0.05) is 12.6 Å². The van der Waals surface area contributed by atoms with Gasteiger partial charge in [0.25, 0.3) is 0 Å². The Balaban J connectivity index is 2.49. The second-order valence-corrected chi connectivity index (χ2v) is 7.67. The highest BCUT2D eigenvalue weighted by molar-refractivity contribution is 7.91. The van der Waals surface area contributed by atoms with Gasteiger partial charge in [-0.1, -0.05) is 20.8 Å². The predicted octanol–water partition coefficient (Wildman–Crippen LogP) is 1.60. The fourth-order valence-corrected chi connectivity index (χ4v) is 4.23. The molecule has 0 saturated carbocycles. The highest BCUT2D eigenvalue weighted by Gasteiger charge is 2.27. The lowest BCUT2D eigenvalue weighted by Crippen LogP contribution is -2.41. The molecule has 0 aromatic carbocycles. The summed E-state index contributed by atoms with van der Waals surface area (Å²) in [6, 6.07) is 0.0522. The van der Waals surface area contributed by atoms with Gasteiger partial charge in [-0.25, -0.2) is 8.42 Å². The van der Waals surface area contributed by atoms with Crippen molar-refractivity contribution in [1.29, 1.82) is 0 Å². The highest BCUT2D eigenvalue weighted by Crippen LogP contribution is 2.15. The van der Waals surface area contributed by atoms with Crippen LogP contribution < -0.4 is 5.32 Å². The molecule has 2 unspecified atom stereocenters. The molecule has 0 bridgehead atoms. The Bertz CT molecular complexity index is 321. The molecule has 0 aliphatic carbocycles. The lowest BCUT2D eigenvalue weighted by atomic mass is 10.1. The Morgan fingerprint density at radius 2 is 2.11 bits per heavy atom. The standard InChI is InChI=1S/C13H27NO3S/c1-4-7-14-13(11(2)3)10-18(15,16)9-12-6-5-8-17-12/h11-14H,4-10H2,1-3H3. The van der Waals surface area contributed by atoms with Crippen molar-refractivity contribution < 1.29 is 13.2 Å². The molecule has 1 aliphatic heterocycles. The van der Waals surface area contributed by atoms with Gasteiger partial charge in [-0.2, -0.15) is 0 Å². The van der Waals surface area contributed by atoms with E-state index in [9.17, 15) is 8.42 Å². The number of nitrogens with one attached hydrogen (secondary N) is 1. The molecular weight excluding hydrogens is 250 g/mol. The molecule has 0 aromatic rings. The minimum atomic E-state index is -3.03. The van der Waals surface area contributed by atoms with Crippen LogP contribution in [0.15, 0.2) is 0 Å². The van der Waals surface area contributed by atoms with Crippen LogP contribution in [0.5, 0.6) is 0 Å². The molecule has 1 N–H and O–H groups in total. The number of rotatable bonds is 8. The molecule has 4 nitrogen and oxygen atoms in total. The largest absolute Gasteiger partial charge is 0.377 e. The van der Waals surface area contributed by atoms with Crippen molar-refractivity contribution in [1.82, 2.24) is 5.32 Å². The molecule has 1 rings (SSSR count). The Kier molecular flexibility index (Phi) is 6.60. The second kappa shape index (κ2) is 7.46. The predicted molar refractivity (Wildman–Crippen MR) is 74.5 cm³/mol. The molecule has 1 saturated heterocycles. The molecule has 2 atom stereocenters. The zero-order chi connectivity index (χ0) is 13.6. The van der Waals surface area contributed by atoms with E-state index in [-0.39, 0.29) is 23.7 Å². The first-order chi connectivity index (χ1) is 8.44. The number of sulfone groups is 1. The van der Waals surface area contributed by atoms with E-state index in [1.165, 1.54) is 0 Å². The summed E-state index contributed by atoms with van der Waals surface area (Å²) in [4.78, 5) is 0. The number of ether oxygens (including phenoxy) is 1. The van der Waals surface area contributed by atoms with Crippen molar-refractivity contribution in [3.63, 3.8) is 0 Å². The van der Waals surface area contributed by atoms with Crippen molar-refractivity contribution in [2.75, 3.05) is 24.7 Å². The van der Waals surface area contributed by atoms with Crippen LogP contribution in [0.4, 0.5) is 0 Å². The van der Waals surface area contributed by atoms with Crippen LogP contribution in [0.1, 0.15) is 40.0 Å². The van der Waals surface area contributed by atoms with E-state index in [2.05, 4.69) is 26.1 Å². The zero-order valence-corrected chi connectivity index (χ0v) is 12.6. The third-order valence-corrected chi connectivity index (χ3v) is 5.11. The van der Waals surface area contributed by atoms with Gasteiger partial charge in [0.2, 0.25) is 0 Å². The van der Waals surface area contributed by atoms with Gasteiger partial charge in [-0.05, 0) is 31.7 Å². The van der Waals surface area contributed by atoms with E-state index in [1.54, 1.807) is 0 Å². The molecular formula is C13H27NO3S. The highest BCUT2D eigenvalue weighted by atomic mass is 32.2.